The van der Waals surface area contributed by atoms with Gasteiger partial charge < -0.3 is 4.74 Å². The minimum atomic E-state index is -0.408. The lowest BCUT2D eigenvalue weighted by molar-refractivity contribution is -0.140. The number of carbonyl (C=O) groups is 1. The molecule has 3 heteroatoms. The van der Waals surface area contributed by atoms with E-state index >= 15 is 0 Å². The summed E-state index contributed by atoms with van der Waals surface area (Å²) < 4.78 is 19.9. The van der Waals surface area contributed by atoms with Crippen molar-refractivity contribution < 1.29 is 13.9 Å². The van der Waals surface area contributed by atoms with E-state index in [0.717, 1.165) is 74.7 Å². The van der Waals surface area contributed by atoms with E-state index in [1.165, 1.54) is 44.6 Å². The number of halogens is 1. The summed E-state index contributed by atoms with van der Waals surface area (Å²) in [6.07, 6.45) is 16.5. The highest BCUT2D eigenvalue weighted by molar-refractivity contribution is 5.75. The van der Waals surface area contributed by atoms with E-state index in [9.17, 15) is 9.18 Å². The second-order valence-corrected chi connectivity index (χ2v) is 9.82. The summed E-state index contributed by atoms with van der Waals surface area (Å²) in [5.74, 6) is 1.96. The van der Waals surface area contributed by atoms with Gasteiger partial charge in [0.15, 0.2) is 11.6 Å². The van der Waals surface area contributed by atoms with Crippen LogP contribution in [0.15, 0.2) is 18.2 Å². The number of hydrogen-bond donors (Lipinski definition) is 0. The van der Waals surface area contributed by atoms with Gasteiger partial charge in [0.1, 0.15) is 0 Å². The highest BCUT2D eigenvalue weighted by Crippen LogP contribution is 2.42. The predicted molar refractivity (Wildman–Crippen MR) is 121 cm³/mol. The summed E-state index contributed by atoms with van der Waals surface area (Å²) in [5.41, 5.74) is 0.981. The quantitative estimate of drug-likeness (QED) is 0.232. The lowest BCUT2D eigenvalue weighted by Gasteiger charge is -2.37. The molecule has 2 aliphatic rings. The fraction of sp³-hybridized carbons (Fsp3) is 0.741. The van der Waals surface area contributed by atoms with E-state index in [2.05, 4.69) is 13.8 Å². The van der Waals surface area contributed by atoms with Gasteiger partial charge in [-0.3, -0.25) is 4.79 Å². The Kier molecular flexibility index (Phi) is 9.21. The second kappa shape index (κ2) is 11.9. The van der Waals surface area contributed by atoms with Crippen molar-refractivity contribution in [1.29, 1.82) is 0 Å². The average Bonchev–Trinajstić information content (AvgIpc) is 2.76. The van der Waals surface area contributed by atoms with Gasteiger partial charge in [0, 0.05) is 0 Å². The third kappa shape index (κ3) is 6.56. The maximum Gasteiger partial charge on any atom is 0.314 e. The van der Waals surface area contributed by atoms with E-state index in [1.807, 2.05) is 6.07 Å². The predicted octanol–water partition coefficient (Wildman–Crippen LogP) is 7.88. The molecule has 1 aromatic carbocycles. The summed E-state index contributed by atoms with van der Waals surface area (Å²) >= 11 is 0. The van der Waals surface area contributed by atoms with Gasteiger partial charge in [-0.15, -0.1) is 0 Å². The van der Waals surface area contributed by atoms with Crippen molar-refractivity contribution in [3.05, 3.63) is 29.6 Å². The zero-order chi connectivity index (χ0) is 21.3. The number of benzene rings is 1. The molecule has 0 aliphatic heterocycles. The van der Waals surface area contributed by atoms with Gasteiger partial charge in [-0.25, -0.2) is 4.39 Å². The zero-order valence-corrected chi connectivity index (χ0v) is 19.1. The van der Waals surface area contributed by atoms with E-state index in [-0.39, 0.29) is 17.6 Å². The highest BCUT2D eigenvalue weighted by Gasteiger charge is 2.33. The Morgan fingerprint density at radius 1 is 0.933 bits per heavy atom. The molecule has 2 saturated carbocycles. The molecule has 2 fully saturated rings. The SMILES string of the molecule is CCCCCc1ccc(OC(=O)C2CCC(C3CCC(CCC)CC3)CC2)c(F)c1. The third-order valence-corrected chi connectivity index (χ3v) is 7.64. The van der Waals surface area contributed by atoms with E-state index in [4.69, 9.17) is 4.74 Å². The molecule has 3 rings (SSSR count). The molecular weight excluding hydrogens is 375 g/mol. The van der Waals surface area contributed by atoms with Crippen LogP contribution >= 0.6 is 0 Å². The Hall–Kier alpha value is -1.38. The molecule has 0 saturated heterocycles. The molecule has 0 N–H and O–H groups in total. The molecule has 0 radical (unpaired) electrons. The van der Waals surface area contributed by atoms with Crippen LogP contribution in [-0.2, 0) is 11.2 Å². The topological polar surface area (TPSA) is 26.3 Å². The number of rotatable bonds is 9. The van der Waals surface area contributed by atoms with Crippen LogP contribution in [0.4, 0.5) is 4.39 Å². The molecule has 0 atom stereocenters. The molecule has 0 unspecified atom stereocenters. The molecule has 2 nitrogen and oxygen atoms in total. The van der Waals surface area contributed by atoms with Crippen molar-refractivity contribution >= 4 is 5.97 Å². The van der Waals surface area contributed by atoms with Crippen LogP contribution in [0.5, 0.6) is 5.75 Å². The number of ether oxygens (including phenoxy) is 1. The van der Waals surface area contributed by atoms with Crippen LogP contribution in [0.25, 0.3) is 0 Å². The fourth-order valence-electron chi connectivity index (χ4n) is 5.74. The second-order valence-electron chi connectivity index (χ2n) is 9.82. The van der Waals surface area contributed by atoms with E-state index in [0.29, 0.717) is 0 Å². The first-order valence-electron chi connectivity index (χ1n) is 12.6. The standard InChI is InChI=1S/C27H41FO2/c1-3-5-6-8-21-11-18-26(25(28)19-21)30-27(29)24-16-14-23(15-17-24)22-12-9-20(7-4-2)10-13-22/h11,18-20,22-24H,3-10,12-17H2,1-2H3. The van der Waals surface area contributed by atoms with E-state index < -0.39 is 5.82 Å². The first-order chi connectivity index (χ1) is 14.6. The highest BCUT2D eigenvalue weighted by atomic mass is 19.1. The Balaban J connectivity index is 1.43. The van der Waals surface area contributed by atoms with Crippen LogP contribution in [0.1, 0.15) is 103 Å². The maximum absolute atomic E-state index is 14.4. The van der Waals surface area contributed by atoms with Gasteiger partial charge >= 0.3 is 5.97 Å². The van der Waals surface area contributed by atoms with Crippen molar-refractivity contribution in [2.75, 3.05) is 0 Å². The summed E-state index contributed by atoms with van der Waals surface area (Å²) in [6, 6.07) is 5.06. The lowest BCUT2D eigenvalue weighted by Crippen LogP contribution is -2.30. The first-order valence-corrected chi connectivity index (χ1v) is 12.6. The summed E-state index contributed by atoms with van der Waals surface area (Å²) in [5, 5.41) is 0. The van der Waals surface area contributed by atoms with Crippen LogP contribution in [0.2, 0.25) is 0 Å². The third-order valence-electron chi connectivity index (χ3n) is 7.64. The smallest absolute Gasteiger partial charge is 0.314 e. The number of unbranched alkanes of at least 4 members (excludes halogenated alkanes) is 2. The van der Waals surface area contributed by atoms with Gasteiger partial charge in [-0.2, -0.15) is 0 Å². The van der Waals surface area contributed by atoms with Crippen molar-refractivity contribution in [2.45, 2.75) is 104 Å². The van der Waals surface area contributed by atoms with Crippen LogP contribution in [0, 0.1) is 29.5 Å². The molecule has 0 spiro atoms. The minimum Gasteiger partial charge on any atom is -0.423 e. The number of esters is 1. The summed E-state index contributed by atoms with van der Waals surface area (Å²) in [4.78, 5) is 12.6. The van der Waals surface area contributed by atoms with Crippen molar-refractivity contribution in [1.82, 2.24) is 0 Å². The molecule has 0 aromatic heterocycles. The molecule has 0 heterocycles. The van der Waals surface area contributed by atoms with Gasteiger partial charge in [0.25, 0.3) is 0 Å². The largest absolute Gasteiger partial charge is 0.423 e. The maximum atomic E-state index is 14.4. The Morgan fingerprint density at radius 2 is 1.60 bits per heavy atom. The Bertz CT molecular complexity index is 655. The van der Waals surface area contributed by atoms with Crippen molar-refractivity contribution in [2.24, 2.45) is 23.7 Å². The zero-order valence-electron chi connectivity index (χ0n) is 19.1. The van der Waals surface area contributed by atoms with Gasteiger partial charge in [0.2, 0.25) is 0 Å². The number of hydrogen-bond acceptors (Lipinski definition) is 2. The molecule has 0 amide bonds. The van der Waals surface area contributed by atoms with Gasteiger partial charge in [0.05, 0.1) is 5.92 Å². The number of aryl methyl sites for hydroxylation is 1. The van der Waals surface area contributed by atoms with Crippen molar-refractivity contribution in [3.63, 3.8) is 0 Å². The Labute approximate surface area is 183 Å². The van der Waals surface area contributed by atoms with Gasteiger partial charge in [-0.05, 0) is 86.8 Å². The Morgan fingerprint density at radius 3 is 2.20 bits per heavy atom. The normalized spacial score (nSPS) is 27.0. The van der Waals surface area contributed by atoms with E-state index in [1.54, 1.807) is 6.07 Å². The minimum absolute atomic E-state index is 0.0682. The summed E-state index contributed by atoms with van der Waals surface area (Å²) in [6.45, 7) is 4.45. The molecule has 30 heavy (non-hydrogen) atoms. The molecule has 0 bridgehead atoms. The van der Waals surface area contributed by atoms with Crippen LogP contribution in [0.3, 0.4) is 0 Å². The molecule has 2 aliphatic carbocycles. The monoisotopic (exact) mass is 416 g/mol. The first kappa shape index (κ1) is 23.3. The molecule has 168 valence electrons. The number of carbonyl (C=O) groups excluding carboxylic acids is 1. The summed E-state index contributed by atoms with van der Waals surface area (Å²) in [7, 11) is 0. The lowest BCUT2D eigenvalue weighted by atomic mass is 9.69. The molecular formula is C27H41FO2. The average molecular weight is 417 g/mol. The van der Waals surface area contributed by atoms with Crippen molar-refractivity contribution in [3.8, 4) is 5.75 Å². The molecule has 1 aromatic rings. The van der Waals surface area contributed by atoms with Crippen LogP contribution < -0.4 is 4.74 Å². The van der Waals surface area contributed by atoms with Crippen LogP contribution in [-0.4, -0.2) is 5.97 Å². The fourth-order valence-corrected chi connectivity index (χ4v) is 5.74. The van der Waals surface area contributed by atoms with Gasteiger partial charge in [-0.1, -0.05) is 58.4 Å².